The molecule has 0 aliphatic carbocycles. The Hall–Kier alpha value is -2.02. The van der Waals surface area contributed by atoms with Gasteiger partial charge in [0.1, 0.15) is 0 Å². The van der Waals surface area contributed by atoms with E-state index in [1.807, 2.05) is 0 Å². The van der Waals surface area contributed by atoms with Crippen LogP contribution < -0.4 is 4.74 Å². The fourth-order valence-corrected chi connectivity index (χ4v) is 2.06. The van der Waals surface area contributed by atoms with Crippen LogP contribution in [0.1, 0.15) is 16.1 Å². The van der Waals surface area contributed by atoms with Crippen molar-refractivity contribution in [3.8, 4) is 22.8 Å². The lowest BCUT2D eigenvalue weighted by molar-refractivity contribution is 0.0686. The summed E-state index contributed by atoms with van der Waals surface area (Å²) in [5.74, 6) is -0.893. The first-order valence-corrected chi connectivity index (χ1v) is 6.01. The summed E-state index contributed by atoms with van der Waals surface area (Å²) in [4.78, 5) is 10.8. The highest BCUT2D eigenvalue weighted by molar-refractivity contribution is 9.10. The fourth-order valence-electron chi connectivity index (χ4n) is 1.65. The van der Waals surface area contributed by atoms with Crippen LogP contribution in [0.4, 0.5) is 0 Å². The molecule has 0 bridgehead atoms. The molecule has 0 spiro atoms. The van der Waals surface area contributed by atoms with Crippen LogP contribution >= 0.6 is 15.9 Å². The van der Waals surface area contributed by atoms with E-state index in [9.17, 15) is 9.90 Å². The largest absolute Gasteiger partial charge is 0.504 e. The van der Waals surface area contributed by atoms with Gasteiger partial charge in [-0.2, -0.15) is 0 Å². The third-order valence-electron chi connectivity index (χ3n) is 2.64. The Bertz CT molecular complexity index is 650. The van der Waals surface area contributed by atoms with E-state index in [4.69, 9.17) is 14.4 Å². The molecule has 100 valence electrons. The Morgan fingerprint density at radius 1 is 1.47 bits per heavy atom. The quantitative estimate of drug-likeness (QED) is 0.900. The Morgan fingerprint density at radius 2 is 2.16 bits per heavy atom. The third kappa shape index (κ3) is 2.28. The number of ether oxygens (including phenoxy) is 1. The first-order valence-electron chi connectivity index (χ1n) is 5.22. The first kappa shape index (κ1) is 13.4. The van der Waals surface area contributed by atoms with Crippen molar-refractivity contribution in [1.29, 1.82) is 0 Å². The van der Waals surface area contributed by atoms with Crippen LogP contribution in [0.2, 0.25) is 0 Å². The zero-order chi connectivity index (χ0) is 14.2. The number of methoxy groups -OCH3 is 1. The number of benzene rings is 1. The van der Waals surface area contributed by atoms with Gasteiger partial charge in [-0.25, -0.2) is 4.79 Å². The van der Waals surface area contributed by atoms with Crippen LogP contribution in [-0.4, -0.2) is 28.4 Å². The fraction of sp³-hybridized carbons (Fsp3) is 0.167. The molecule has 0 unspecified atom stereocenters. The van der Waals surface area contributed by atoms with Crippen molar-refractivity contribution in [2.24, 2.45) is 0 Å². The number of hydrogen-bond donors (Lipinski definition) is 2. The molecule has 0 saturated carbocycles. The summed E-state index contributed by atoms with van der Waals surface area (Å²) in [6, 6.07) is 2.85. The molecule has 6 nitrogen and oxygen atoms in total. The van der Waals surface area contributed by atoms with Crippen molar-refractivity contribution in [1.82, 2.24) is 5.16 Å². The van der Waals surface area contributed by atoms with Crippen molar-refractivity contribution >= 4 is 21.9 Å². The maximum Gasteiger partial charge on any atom is 0.358 e. The molecule has 0 aliphatic heterocycles. The minimum Gasteiger partial charge on any atom is -0.504 e. The van der Waals surface area contributed by atoms with Crippen LogP contribution in [0.5, 0.6) is 11.5 Å². The van der Waals surface area contributed by atoms with E-state index in [-0.39, 0.29) is 23.0 Å². The van der Waals surface area contributed by atoms with Gasteiger partial charge < -0.3 is 19.5 Å². The second-order valence-electron chi connectivity index (χ2n) is 3.79. The number of aromatic carboxylic acids is 1. The van der Waals surface area contributed by atoms with E-state index >= 15 is 0 Å². The van der Waals surface area contributed by atoms with Gasteiger partial charge >= 0.3 is 5.97 Å². The highest BCUT2D eigenvalue weighted by Gasteiger charge is 2.20. The lowest BCUT2D eigenvalue weighted by atomic mass is 10.1. The van der Waals surface area contributed by atoms with Crippen LogP contribution in [-0.2, 0) is 0 Å². The number of carbonyl (C=O) groups is 1. The van der Waals surface area contributed by atoms with Crippen LogP contribution in [0, 0.1) is 6.92 Å². The molecule has 0 fully saturated rings. The van der Waals surface area contributed by atoms with E-state index < -0.39 is 5.97 Å². The van der Waals surface area contributed by atoms with E-state index in [1.54, 1.807) is 13.0 Å². The molecule has 1 aromatic carbocycles. The van der Waals surface area contributed by atoms with Gasteiger partial charge in [0.2, 0.25) is 0 Å². The number of phenolic OH excluding ortho intramolecular Hbond substituents is 1. The SMILES string of the molecule is COc1c(C)c(Br)cc(-c2cc(C(=O)O)no2)c1O. The van der Waals surface area contributed by atoms with Crippen molar-refractivity contribution in [3.63, 3.8) is 0 Å². The molecular weight excluding hydrogens is 318 g/mol. The normalized spacial score (nSPS) is 10.5. The lowest BCUT2D eigenvalue weighted by Crippen LogP contribution is -1.94. The van der Waals surface area contributed by atoms with Crippen molar-refractivity contribution < 1.29 is 24.3 Å². The number of carboxylic acids is 1. The van der Waals surface area contributed by atoms with E-state index in [0.717, 1.165) is 5.56 Å². The minimum absolute atomic E-state index is 0.128. The maximum absolute atomic E-state index is 10.8. The minimum atomic E-state index is -1.20. The molecule has 1 heterocycles. The molecule has 0 saturated heterocycles. The van der Waals surface area contributed by atoms with Crippen molar-refractivity contribution in [3.05, 3.63) is 27.9 Å². The summed E-state index contributed by atoms with van der Waals surface area (Å²) in [6.07, 6.45) is 0. The average molecular weight is 328 g/mol. The summed E-state index contributed by atoms with van der Waals surface area (Å²) in [6.45, 7) is 1.77. The highest BCUT2D eigenvalue weighted by atomic mass is 79.9. The Labute approximate surface area is 116 Å². The smallest absolute Gasteiger partial charge is 0.358 e. The number of halogens is 1. The molecule has 2 aromatic rings. The molecule has 0 amide bonds. The standard InChI is InChI=1S/C12H10BrNO5/c1-5-7(13)3-6(10(15)11(5)18-2)9-4-8(12(16)17)14-19-9/h3-4,15H,1-2H3,(H,16,17). The molecule has 1 aromatic heterocycles. The van der Waals surface area contributed by atoms with Gasteiger partial charge in [-0.05, 0) is 13.0 Å². The number of carboxylic acid groups (broad SMARTS) is 1. The Kier molecular flexibility index (Phi) is 3.48. The first-order chi connectivity index (χ1) is 8.95. The van der Waals surface area contributed by atoms with Crippen LogP contribution in [0.25, 0.3) is 11.3 Å². The van der Waals surface area contributed by atoms with Gasteiger partial charge in [0, 0.05) is 16.1 Å². The van der Waals surface area contributed by atoms with Gasteiger partial charge in [0.25, 0.3) is 0 Å². The summed E-state index contributed by atoms with van der Waals surface area (Å²) >= 11 is 3.34. The van der Waals surface area contributed by atoms with Crippen LogP contribution in [0.3, 0.4) is 0 Å². The molecule has 0 radical (unpaired) electrons. The van der Waals surface area contributed by atoms with E-state index in [2.05, 4.69) is 21.1 Å². The predicted molar refractivity (Wildman–Crippen MR) is 69.6 cm³/mol. The number of aromatic hydroxyl groups is 1. The molecule has 0 atom stereocenters. The summed E-state index contributed by atoms with van der Waals surface area (Å²) < 4.78 is 10.7. The van der Waals surface area contributed by atoms with Crippen molar-refractivity contribution in [2.75, 3.05) is 7.11 Å². The molecular formula is C12H10BrNO5. The number of aromatic nitrogens is 1. The zero-order valence-electron chi connectivity index (χ0n) is 10.1. The van der Waals surface area contributed by atoms with Gasteiger partial charge in [-0.3, -0.25) is 0 Å². The summed E-state index contributed by atoms with van der Waals surface area (Å²) in [5.41, 5.74) is 0.793. The topological polar surface area (TPSA) is 92.8 Å². The van der Waals surface area contributed by atoms with Gasteiger partial charge in [-0.1, -0.05) is 21.1 Å². The number of rotatable bonds is 3. The summed E-state index contributed by atoms with van der Waals surface area (Å²) in [5, 5.41) is 22.3. The second-order valence-corrected chi connectivity index (χ2v) is 4.65. The number of nitrogens with zero attached hydrogens (tertiary/aromatic N) is 1. The predicted octanol–water partition coefficient (Wildman–Crippen LogP) is 2.82. The number of phenols is 1. The second kappa shape index (κ2) is 4.93. The van der Waals surface area contributed by atoms with Gasteiger partial charge in [0.15, 0.2) is 23.0 Å². The third-order valence-corrected chi connectivity index (χ3v) is 3.46. The molecule has 19 heavy (non-hydrogen) atoms. The van der Waals surface area contributed by atoms with E-state index in [0.29, 0.717) is 10.0 Å². The molecule has 2 N–H and O–H groups in total. The molecule has 7 heteroatoms. The Morgan fingerprint density at radius 3 is 2.68 bits per heavy atom. The van der Waals surface area contributed by atoms with Crippen molar-refractivity contribution in [2.45, 2.75) is 6.92 Å². The Balaban J connectivity index is 2.61. The van der Waals surface area contributed by atoms with Crippen LogP contribution in [0.15, 0.2) is 21.1 Å². The molecule has 0 aliphatic rings. The zero-order valence-corrected chi connectivity index (χ0v) is 11.7. The summed E-state index contributed by atoms with van der Waals surface area (Å²) in [7, 11) is 1.43. The van der Waals surface area contributed by atoms with Gasteiger partial charge in [0.05, 0.1) is 12.7 Å². The number of hydrogen-bond acceptors (Lipinski definition) is 5. The lowest BCUT2D eigenvalue weighted by Gasteiger charge is -2.11. The maximum atomic E-state index is 10.8. The average Bonchev–Trinajstić information content (AvgIpc) is 2.84. The van der Waals surface area contributed by atoms with Gasteiger partial charge in [-0.15, -0.1) is 0 Å². The molecule has 2 rings (SSSR count). The monoisotopic (exact) mass is 327 g/mol. The van der Waals surface area contributed by atoms with E-state index in [1.165, 1.54) is 13.2 Å². The highest BCUT2D eigenvalue weighted by Crippen LogP contribution is 2.43.